The van der Waals surface area contributed by atoms with Crippen LogP contribution in [0.5, 0.6) is 0 Å². The van der Waals surface area contributed by atoms with E-state index in [9.17, 15) is 9.90 Å². The van der Waals surface area contributed by atoms with Crippen LogP contribution in [-0.4, -0.2) is 54.4 Å². The molecule has 1 aromatic carbocycles. The molecule has 6 rings (SSSR count). The number of hydrogen-bond acceptors (Lipinski definition) is 5. The summed E-state index contributed by atoms with van der Waals surface area (Å²) in [5.41, 5.74) is 3.01. The number of methoxy groups -OCH3 is 1. The van der Waals surface area contributed by atoms with Gasteiger partial charge in [-0.1, -0.05) is 29.8 Å². The van der Waals surface area contributed by atoms with E-state index in [0.717, 1.165) is 19.4 Å². The lowest BCUT2D eigenvalue weighted by molar-refractivity contribution is -0.188. The second-order valence-corrected chi connectivity index (χ2v) is 8.20. The van der Waals surface area contributed by atoms with Crippen LogP contribution in [-0.2, 0) is 9.53 Å². The molecule has 0 aliphatic carbocycles. The lowest BCUT2D eigenvalue weighted by Gasteiger charge is -2.65. The molecule has 4 saturated heterocycles. The minimum absolute atomic E-state index is 0.0293. The van der Waals surface area contributed by atoms with Crippen molar-refractivity contribution in [3.63, 3.8) is 0 Å². The van der Waals surface area contributed by atoms with E-state index in [1.54, 1.807) is 0 Å². The van der Waals surface area contributed by atoms with Gasteiger partial charge in [-0.3, -0.25) is 9.69 Å². The first kappa shape index (κ1) is 16.3. The molecule has 2 N–H and O–H groups in total. The number of carbonyl (C=O) groups excluding carboxylic acids is 1. The second-order valence-electron chi connectivity index (χ2n) is 8.20. The maximum absolute atomic E-state index is 13.0. The van der Waals surface area contributed by atoms with Crippen molar-refractivity contribution in [1.29, 1.82) is 0 Å². The molecule has 0 aromatic heterocycles. The van der Waals surface area contributed by atoms with Gasteiger partial charge in [-0.2, -0.15) is 0 Å². The summed E-state index contributed by atoms with van der Waals surface area (Å²) in [6, 6.07) is 9.34. The number of ether oxygens (including phenoxy) is 1. The highest BCUT2D eigenvalue weighted by Gasteiger charge is 2.67. The van der Waals surface area contributed by atoms with Crippen molar-refractivity contribution >= 4 is 11.7 Å². The van der Waals surface area contributed by atoms with Gasteiger partial charge in [0.05, 0.1) is 13.7 Å². The van der Waals surface area contributed by atoms with Crippen LogP contribution in [0.4, 0.5) is 5.69 Å². The minimum atomic E-state index is -0.839. The molecule has 0 spiro atoms. The zero-order valence-electron chi connectivity index (χ0n) is 15.3. The topological polar surface area (TPSA) is 61.8 Å². The highest BCUT2D eigenvalue weighted by molar-refractivity contribution is 5.80. The first-order valence-electron chi connectivity index (χ1n) is 9.61. The fraction of sp³-hybridized carbons (Fsp3) is 0.571. The zero-order chi connectivity index (χ0) is 18.1. The number of rotatable bonds is 2. The van der Waals surface area contributed by atoms with Gasteiger partial charge < -0.3 is 15.2 Å². The third kappa shape index (κ3) is 1.80. The van der Waals surface area contributed by atoms with Gasteiger partial charge in [-0.05, 0) is 31.4 Å². The lowest BCUT2D eigenvalue weighted by atomic mass is 9.53. The SMILES string of the molecule is C/C=C1\CN2[C@@H]3C[C@@H]1C(CO)(C(=O)OC)[C@@H]2CC1c2ccccc2NC13. The predicted molar refractivity (Wildman–Crippen MR) is 98.9 cm³/mol. The lowest BCUT2D eigenvalue weighted by Crippen LogP contribution is -2.75. The summed E-state index contributed by atoms with van der Waals surface area (Å²) >= 11 is 0. The number of carbonyl (C=O) groups is 1. The average Bonchev–Trinajstić information content (AvgIpc) is 3.06. The number of nitrogens with one attached hydrogen (secondary N) is 1. The predicted octanol–water partition coefficient (Wildman–Crippen LogP) is 2.14. The van der Waals surface area contributed by atoms with Gasteiger partial charge in [0.2, 0.25) is 0 Å². The quantitative estimate of drug-likeness (QED) is 0.629. The summed E-state index contributed by atoms with van der Waals surface area (Å²) in [6.45, 7) is 2.79. The van der Waals surface area contributed by atoms with Crippen LogP contribution in [0.2, 0.25) is 0 Å². The number of nitrogens with zero attached hydrogens (tertiary/aromatic N) is 1. The third-order valence-corrected chi connectivity index (χ3v) is 7.54. The Bertz CT molecular complexity index is 791. The molecule has 0 radical (unpaired) electrons. The number of para-hydroxylation sites is 1. The molecular weight excluding hydrogens is 328 g/mol. The monoisotopic (exact) mass is 354 g/mol. The summed E-state index contributed by atoms with van der Waals surface area (Å²) < 4.78 is 5.23. The molecule has 5 heteroatoms. The zero-order valence-corrected chi connectivity index (χ0v) is 15.3. The van der Waals surface area contributed by atoms with E-state index in [0.29, 0.717) is 18.0 Å². The molecule has 5 aliphatic rings. The van der Waals surface area contributed by atoms with Crippen molar-refractivity contribution in [1.82, 2.24) is 4.90 Å². The molecule has 4 unspecified atom stereocenters. The molecule has 0 saturated carbocycles. The maximum atomic E-state index is 13.0. The number of piperidine rings is 4. The molecule has 138 valence electrons. The van der Waals surface area contributed by atoms with Crippen molar-refractivity contribution in [2.75, 3.05) is 25.6 Å². The normalized spacial score (nSPS) is 43.6. The number of aliphatic hydroxyl groups excluding tert-OH is 1. The van der Waals surface area contributed by atoms with E-state index in [1.165, 1.54) is 23.9 Å². The summed E-state index contributed by atoms with van der Waals surface area (Å²) in [6.07, 6.45) is 3.91. The van der Waals surface area contributed by atoms with Gasteiger partial charge in [0.1, 0.15) is 5.41 Å². The largest absolute Gasteiger partial charge is 0.468 e. The van der Waals surface area contributed by atoms with E-state index in [2.05, 4.69) is 40.6 Å². The van der Waals surface area contributed by atoms with Crippen molar-refractivity contribution in [2.45, 2.75) is 43.8 Å². The van der Waals surface area contributed by atoms with Gasteiger partial charge in [-0.15, -0.1) is 0 Å². The maximum Gasteiger partial charge on any atom is 0.316 e. The first-order chi connectivity index (χ1) is 12.7. The van der Waals surface area contributed by atoms with Crippen LogP contribution in [0.1, 0.15) is 31.2 Å². The molecule has 5 nitrogen and oxygen atoms in total. The Kier molecular flexibility index (Phi) is 3.50. The van der Waals surface area contributed by atoms with Gasteiger partial charge in [0.25, 0.3) is 0 Å². The van der Waals surface area contributed by atoms with Crippen molar-refractivity contribution in [3.05, 3.63) is 41.5 Å². The van der Waals surface area contributed by atoms with Gasteiger partial charge in [0, 0.05) is 42.2 Å². The number of allylic oxidation sites excluding steroid dienone is 1. The van der Waals surface area contributed by atoms with Crippen LogP contribution < -0.4 is 5.32 Å². The van der Waals surface area contributed by atoms with Crippen LogP contribution in [0.25, 0.3) is 0 Å². The van der Waals surface area contributed by atoms with Gasteiger partial charge >= 0.3 is 5.97 Å². The molecule has 4 bridgehead atoms. The van der Waals surface area contributed by atoms with Crippen LogP contribution >= 0.6 is 0 Å². The summed E-state index contributed by atoms with van der Waals surface area (Å²) in [4.78, 5) is 15.4. The van der Waals surface area contributed by atoms with E-state index in [-0.39, 0.29) is 24.5 Å². The minimum Gasteiger partial charge on any atom is -0.468 e. The fourth-order valence-electron chi connectivity index (χ4n) is 6.42. The Morgan fingerprint density at radius 3 is 2.96 bits per heavy atom. The van der Waals surface area contributed by atoms with Crippen LogP contribution in [0.15, 0.2) is 35.9 Å². The van der Waals surface area contributed by atoms with Crippen LogP contribution in [0.3, 0.4) is 0 Å². The molecule has 1 aromatic rings. The number of esters is 1. The fourth-order valence-corrected chi connectivity index (χ4v) is 6.42. The average molecular weight is 354 g/mol. The van der Waals surface area contributed by atoms with E-state index >= 15 is 0 Å². The Morgan fingerprint density at radius 1 is 1.42 bits per heavy atom. The Hall–Kier alpha value is -1.85. The molecule has 26 heavy (non-hydrogen) atoms. The highest BCUT2D eigenvalue weighted by Crippen LogP contribution is 2.60. The smallest absolute Gasteiger partial charge is 0.316 e. The van der Waals surface area contributed by atoms with Gasteiger partial charge in [-0.25, -0.2) is 0 Å². The number of anilines is 1. The van der Waals surface area contributed by atoms with Crippen LogP contribution in [0, 0.1) is 11.3 Å². The number of hydrogen-bond donors (Lipinski definition) is 2. The van der Waals surface area contributed by atoms with Crippen molar-refractivity contribution in [3.8, 4) is 0 Å². The van der Waals surface area contributed by atoms with Gasteiger partial charge in [0.15, 0.2) is 0 Å². The molecule has 0 amide bonds. The summed E-state index contributed by atoms with van der Waals surface area (Å²) in [5, 5.41) is 14.2. The molecule has 4 fully saturated rings. The van der Waals surface area contributed by atoms with Crippen molar-refractivity contribution < 1.29 is 14.6 Å². The summed E-state index contributed by atoms with van der Waals surface area (Å²) in [5.74, 6) is 0.202. The van der Waals surface area contributed by atoms with Crippen molar-refractivity contribution in [2.24, 2.45) is 11.3 Å². The van der Waals surface area contributed by atoms with E-state index in [1.807, 2.05) is 6.92 Å². The highest BCUT2D eigenvalue weighted by atomic mass is 16.5. The second kappa shape index (κ2) is 5.57. The number of aliphatic hydroxyl groups is 1. The number of fused-ring (bicyclic) bond motifs is 4. The Morgan fingerprint density at radius 2 is 2.23 bits per heavy atom. The Balaban J connectivity index is 1.63. The summed E-state index contributed by atoms with van der Waals surface area (Å²) in [7, 11) is 1.45. The standard InChI is InChI=1S/C21H26N2O3/c1-3-12-10-23-17-9-15(12)21(11-24,20(25)26-2)18(23)8-14-13-6-4-5-7-16(13)22-19(14)17/h3-7,14-15,17-19,22,24H,8-11H2,1-2H3/b12-3+/t14?,15-,17+,18-,19?,21?/m0/s1. The van der Waals surface area contributed by atoms with E-state index < -0.39 is 5.41 Å². The first-order valence-corrected chi connectivity index (χ1v) is 9.61. The van der Waals surface area contributed by atoms with E-state index in [4.69, 9.17) is 4.74 Å². The molecular formula is C21H26N2O3. The Labute approximate surface area is 154 Å². The molecule has 5 heterocycles. The molecule has 5 aliphatic heterocycles. The third-order valence-electron chi connectivity index (χ3n) is 7.54. The number of benzene rings is 1. The molecule has 7 atom stereocenters.